The van der Waals surface area contributed by atoms with Gasteiger partial charge in [-0.2, -0.15) is 0 Å². The lowest BCUT2D eigenvalue weighted by Crippen LogP contribution is -2.36. The van der Waals surface area contributed by atoms with Crippen molar-refractivity contribution in [2.24, 2.45) is 0 Å². The lowest BCUT2D eigenvalue weighted by atomic mass is 10.3. The van der Waals surface area contributed by atoms with E-state index in [1.54, 1.807) is 0 Å². The third-order valence-electron chi connectivity index (χ3n) is 2.19. The van der Waals surface area contributed by atoms with E-state index in [0.29, 0.717) is 5.75 Å². The molecule has 7 nitrogen and oxygen atoms in total. The van der Waals surface area contributed by atoms with Gasteiger partial charge in [-0.15, -0.1) is 0 Å². The Hall–Kier alpha value is -1.35. The van der Waals surface area contributed by atoms with Crippen LogP contribution in [-0.2, 0) is 14.8 Å². The van der Waals surface area contributed by atoms with E-state index < -0.39 is 28.6 Å². The van der Waals surface area contributed by atoms with Crippen LogP contribution < -0.4 is 9.46 Å². The Labute approximate surface area is 114 Å². The zero-order valence-electron chi connectivity index (χ0n) is 9.83. The highest BCUT2D eigenvalue weighted by Gasteiger charge is 2.20. The van der Waals surface area contributed by atoms with Crippen molar-refractivity contribution in [2.45, 2.75) is 11.0 Å². The summed E-state index contributed by atoms with van der Waals surface area (Å²) < 4.78 is 30.4. The van der Waals surface area contributed by atoms with Crippen molar-refractivity contribution in [2.75, 3.05) is 13.7 Å². The summed E-state index contributed by atoms with van der Waals surface area (Å²) in [5.41, 5.74) is 0. The Morgan fingerprint density at radius 2 is 2.16 bits per heavy atom. The second-order valence-corrected chi connectivity index (χ2v) is 5.68. The number of carbonyl (C=O) groups is 1. The fourth-order valence-corrected chi connectivity index (χ4v) is 2.56. The molecule has 0 saturated carbocycles. The Bertz CT molecular complexity index is 573. The van der Waals surface area contributed by atoms with Crippen molar-refractivity contribution in [3.63, 3.8) is 0 Å². The number of sulfonamides is 1. The second-order valence-electron chi connectivity index (χ2n) is 3.50. The normalized spacial score (nSPS) is 13.0. The maximum absolute atomic E-state index is 11.8. The molecule has 9 heteroatoms. The Morgan fingerprint density at radius 3 is 2.63 bits per heavy atom. The second kappa shape index (κ2) is 6.20. The Balaban J connectivity index is 2.89. The molecule has 0 aliphatic heterocycles. The molecule has 0 spiro atoms. The number of aliphatic hydroxyl groups is 1. The molecule has 1 unspecified atom stereocenters. The molecule has 106 valence electrons. The molecule has 1 aromatic carbocycles. The molecule has 1 atom stereocenters. The molecular formula is C10H12ClNO6S. The van der Waals surface area contributed by atoms with Gasteiger partial charge in [-0.25, -0.2) is 17.9 Å². The number of hydrogen-bond donors (Lipinski definition) is 3. The molecule has 0 aromatic heterocycles. The van der Waals surface area contributed by atoms with Crippen LogP contribution in [0.5, 0.6) is 5.75 Å². The van der Waals surface area contributed by atoms with E-state index in [9.17, 15) is 13.2 Å². The van der Waals surface area contributed by atoms with Crippen molar-refractivity contribution in [1.29, 1.82) is 0 Å². The van der Waals surface area contributed by atoms with Gasteiger partial charge >= 0.3 is 5.97 Å². The summed E-state index contributed by atoms with van der Waals surface area (Å²) in [7, 11) is -2.56. The van der Waals surface area contributed by atoms with Crippen LogP contribution in [0.1, 0.15) is 0 Å². The number of aliphatic carboxylic acids is 1. The van der Waals surface area contributed by atoms with E-state index in [0.717, 1.165) is 6.07 Å². The minimum atomic E-state index is -3.95. The number of rotatable bonds is 6. The van der Waals surface area contributed by atoms with Crippen LogP contribution >= 0.6 is 11.6 Å². The van der Waals surface area contributed by atoms with E-state index in [4.69, 9.17) is 26.6 Å². The Morgan fingerprint density at radius 1 is 1.53 bits per heavy atom. The van der Waals surface area contributed by atoms with Crippen LogP contribution in [0.25, 0.3) is 0 Å². The molecule has 1 aromatic rings. The van der Waals surface area contributed by atoms with Crippen LogP contribution in [-0.4, -0.2) is 44.4 Å². The van der Waals surface area contributed by atoms with E-state index in [2.05, 4.69) is 0 Å². The minimum Gasteiger partial charge on any atom is -0.495 e. The molecule has 1 rings (SSSR count). The Kier molecular flexibility index (Phi) is 5.12. The van der Waals surface area contributed by atoms with Gasteiger partial charge in [-0.1, -0.05) is 11.6 Å². The first-order valence-corrected chi connectivity index (χ1v) is 6.88. The lowest BCUT2D eigenvalue weighted by molar-refractivity contribution is -0.146. The first-order valence-electron chi connectivity index (χ1n) is 5.02. The molecule has 0 aliphatic carbocycles. The van der Waals surface area contributed by atoms with E-state index in [1.807, 2.05) is 4.72 Å². The van der Waals surface area contributed by atoms with Gasteiger partial charge in [0.25, 0.3) is 0 Å². The summed E-state index contributed by atoms with van der Waals surface area (Å²) >= 11 is 5.79. The number of hydrogen-bond acceptors (Lipinski definition) is 5. The number of carboxylic acids is 1. The van der Waals surface area contributed by atoms with Gasteiger partial charge in [0.15, 0.2) is 6.10 Å². The maximum atomic E-state index is 11.8. The number of halogens is 1. The largest absolute Gasteiger partial charge is 0.495 e. The number of ether oxygens (including phenoxy) is 1. The zero-order valence-corrected chi connectivity index (χ0v) is 11.4. The van der Waals surface area contributed by atoms with Crippen molar-refractivity contribution < 1.29 is 28.2 Å². The van der Waals surface area contributed by atoms with Crippen LogP contribution in [0.4, 0.5) is 0 Å². The lowest BCUT2D eigenvalue weighted by Gasteiger charge is -2.10. The van der Waals surface area contributed by atoms with E-state index in [1.165, 1.54) is 19.2 Å². The molecular weight excluding hydrogens is 298 g/mol. The number of benzene rings is 1. The molecule has 0 fully saturated rings. The third-order valence-corrected chi connectivity index (χ3v) is 3.90. The summed E-state index contributed by atoms with van der Waals surface area (Å²) in [6, 6.07) is 3.78. The topological polar surface area (TPSA) is 113 Å². The summed E-state index contributed by atoms with van der Waals surface area (Å²) in [6.07, 6.45) is -1.82. The molecule has 0 radical (unpaired) electrons. The van der Waals surface area contributed by atoms with Crippen molar-refractivity contribution in [1.82, 2.24) is 4.72 Å². The highest BCUT2D eigenvalue weighted by atomic mass is 35.5. The van der Waals surface area contributed by atoms with Gasteiger partial charge in [0.05, 0.1) is 17.0 Å². The standard InChI is InChI=1S/C10H12ClNO6S/c1-18-9-3-2-6(4-7(9)11)19(16,17)12-5-8(13)10(14)15/h2-4,8,12-13H,5H2,1H3,(H,14,15). The smallest absolute Gasteiger partial charge is 0.333 e. The molecule has 3 N–H and O–H groups in total. The van der Waals surface area contributed by atoms with E-state index in [-0.39, 0.29) is 9.92 Å². The molecule has 19 heavy (non-hydrogen) atoms. The molecule has 0 amide bonds. The van der Waals surface area contributed by atoms with Crippen molar-refractivity contribution in [3.05, 3.63) is 23.2 Å². The van der Waals surface area contributed by atoms with Crippen molar-refractivity contribution in [3.8, 4) is 5.75 Å². The van der Waals surface area contributed by atoms with Gasteiger partial charge in [0.2, 0.25) is 10.0 Å². The van der Waals surface area contributed by atoms with E-state index >= 15 is 0 Å². The first-order chi connectivity index (χ1) is 8.77. The summed E-state index contributed by atoms with van der Waals surface area (Å²) in [4.78, 5) is 10.2. The highest BCUT2D eigenvalue weighted by molar-refractivity contribution is 7.89. The third kappa shape index (κ3) is 4.06. The summed E-state index contributed by atoms with van der Waals surface area (Å²) in [5.74, 6) is -1.21. The molecule has 0 saturated heterocycles. The summed E-state index contributed by atoms with van der Waals surface area (Å²) in [5, 5.41) is 17.5. The zero-order chi connectivity index (χ0) is 14.6. The predicted molar refractivity (Wildman–Crippen MR) is 66.8 cm³/mol. The number of aliphatic hydroxyl groups excluding tert-OH is 1. The predicted octanol–water partition coefficient (Wildman–Crippen LogP) is 0.0724. The number of carboxylic acid groups (broad SMARTS) is 1. The maximum Gasteiger partial charge on any atom is 0.333 e. The highest BCUT2D eigenvalue weighted by Crippen LogP contribution is 2.26. The van der Waals surface area contributed by atoms with Gasteiger partial charge < -0.3 is 14.9 Å². The summed E-state index contributed by atoms with van der Waals surface area (Å²) in [6.45, 7) is -0.638. The molecule has 0 aliphatic rings. The van der Waals surface area contributed by atoms with Crippen LogP contribution in [0.2, 0.25) is 5.02 Å². The number of methoxy groups -OCH3 is 1. The van der Waals surface area contributed by atoms with Gasteiger partial charge in [0.1, 0.15) is 5.75 Å². The van der Waals surface area contributed by atoms with Crippen molar-refractivity contribution >= 4 is 27.6 Å². The average Bonchev–Trinajstić information content (AvgIpc) is 2.35. The van der Waals surface area contributed by atoms with Crippen LogP contribution in [0, 0.1) is 0 Å². The quantitative estimate of drug-likeness (QED) is 0.685. The average molecular weight is 310 g/mol. The molecule has 0 bridgehead atoms. The van der Waals surface area contributed by atoms with Crippen LogP contribution in [0.3, 0.4) is 0 Å². The SMILES string of the molecule is COc1ccc(S(=O)(=O)NCC(O)C(=O)O)cc1Cl. The van der Waals surface area contributed by atoms with Crippen LogP contribution in [0.15, 0.2) is 23.1 Å². The fourth-order valence-electron chi connectivity index (χ4n) is 1.17. The minimum absolute atomic E-state index is 0.101. The van der Waals surface area contributed by atoms with Gasteiger partial charge in [-0.05, 0) is 18.2 Å². The molecule has 0 heterocycles. The monoisotopic (exact) mass is 309 g/mol. The first kappa shape index (κ1) is 15.7. The number of nitrogens with one attached hydrogen (secondary N) is 1. The van der Waals surface area contributed by atoms with Gasteiger partial charge in [0, 0.05) is 6.54 Å². The van der Waals surface area contributed by atoms with Gasteiger partial charge in [-0.3, -0.25) is 0 Å². The fraction of sp³-hybridized carbons (Fsp3) is 0.300.